The van der Waals surface area contributed by atoms with Crippen LogP contribution in [-0.2, 0) is 10.2 Å². The zero-order valence-electron chi connectivity index (χ0n) is 8.89. The summed E-state index contributed by atoms with van der Waals surface area (Å²) in [5.41, 5.74) is 0.645. The van der Waals surface area contributed by atoms with Crippen molar-refractivity contribution < 1.29 is 14.3 Å². The van der Waals surface area contributed by atoms with Gasteiger partial charge in [-0.2, -0.15) is 0 Å². The van der Waals surface area contributed by atoms with E-state index in [1.54, 1.807) is 19.1 Å². The zero-order chi connectivity index (χ0) is 11.9. The van der Waals surface area contributed by atoms with Crippen LogP contribution in [0, 0.1) is 12.7 Å². The highest BCUT2D eigenvalue weighted by Crippen LogP contribution is 2.52. The van der Waals surface area contributed by atoms with E-state index >= 15 is 0 Å². The van der Waals surface area contributed by atoms with Crippen molar-refractivity contribution in [2.45, 2.75) is 31.6 Å². The molecule has 86 valence electrons. The van der Waals surface area contributed by atoms with Crippen LogP contribution < -0.4 is 0 Å². The van der Waals surface area contributed by atoms with Crippen molar-refractivity contribution in [2.75, 3.05) is 0 Å². The highest BCUT2D eigenvalue weighted by molar-refractivity contribution is 9.10. The Hall–Kier alpha value is -0.900. The molecule has 1 saturated carbocycles. The number of halogens is 2. The fourth-order valence-electron chi connectivity index (χ4n) is 2.05. The molecule has 0 atom stereocenters. The molecular formula is C12H12BrFO2. The third kappa shape index (κ3) is 1.86. The number of hydrogen-bond donors (Lipinski definition) is 1. The minimum atomic E-state index is -0.863. The molecule has 1 fully saturated rings. The molecular weight excluding hydrogens is 275 g/mol. The summed E-state index contributed by atoms with van der Waals surface area (Å²) in [5.74, 6) is -1.13. The van der Waals surface area contributed by atoms with Crippen molar-refractivity contribution in [1.29, 1.82) is 0 Å². The number of benzene rings is 1. The van der Waals surface area contributed by atoms with E-state index in [1.807, 2.05) is 0 Å². The van der Waals surface area contributed by atoms with Crippen LogP contribution in [0.3, 0.4) is 0 Å². The minimum Gasteiger partial charge on any atom is -0.481 e. The minimum absolute atomic E-state index is 0.0188. The predicted octanol–water partition coefficient (Wildman–Crippen LogP) is 3.40. The number of rotatable bonds is 3. The Labute approximate surface area is 102 Å². The lowest BCUT2D eigenvalue weighted by atomic mass is 9.91. The summed E-state index contributed by atoms with van der Waals surface area (Å²) < 4.78 is 14.7. The van der Waals surface area contributed by atoms with Crippen LogP contribution in [0.15, 0.2) is 16.6 Å². The first-order chi connectivity index (χ1) is 7.46. The van der Waals surface area contributed by atoms with Crippen molar-refractivity contribution in [3.8, 4) is 0 Å². The summed E-state index contributed by atoms with van der Waals surface area (Å²) in [7, 11) is 0. The van der Waals surface area contributed by atoms with Gasteiger partial charge in [0.2, 0.25) is 0 Å². The SMILES string of the molecule is Cc1c(Br)ccc(C2(CC(=O)O)CC2)c1F. The molecule has 16 heavy (non-hydrogen) atoms. The summed E-state index contributed by atoms with van der Waals surface area (Å²) >= 11 is 3.26. The highest BCUT2D eigenvalue weighted by atomic mass is 79.9. The quantitative estimate of drug-likeness (QED) is 0.925. The molecule has 0 bridgehead atoms. The smallest absolute Gasteiger partial charge is 0.304 e. The second-order valence-electron chi connectivity index (χ2n) is 4.38. The average molecular weight is 287 g/mol. The summed E-state index contributed by atoms with van der Waals surface area (Å²) in [5, 5.41) is 8.83. The van der Waals surface area contributed by atoms with Gasteiger partial charge in [0.1, 0.15) is 5.82 Å². The molecule has 0 radical (unpaired) electrons. The molecule has 1 aromatic rings. The Bertz CT molecular complexity index is 453. The first kappa shape index (κ1) is 11.6. The second-order valence-corrected chi connectivity index (χ2v) is 5.24. The van der Waals surface area contributed by atoms with Crippen LogP contribution in [-0.4, -0.2) is 11.1 Å². The average Bonchev–Trinajstić information content (AvgIpc) is 2.94. The molecule has 0 spiro atoms. The molecule has 0 heterocycles. The van der Waals surface area contributed by atoms with Crippen LogP contribution in [0.4, 0.5) is 4.39 Å². The third-order valence-corrected chi connectivity index (χ3v) is 4.09. The van der Waals surface area contributed by atoms with Crippen molar-refractivity contribution in [1.82, 2.24) is 0 Å². The normalized spacial score (nSPS) is 17.2. The number of carboxylic acid groups (broad SMARTS) is 1. The number of carboxylic acids is 1. The van der Waals surface area contributed by atoms with Crippen molar-refractivity contribution >= 4 is 21.9 Å². The Balaban J connectivity index is 2.42. The molecule has 0 aliphatic heterocycles. The second kappa shape index (κ2) is 3.84. The van der Waals surface area contributed by atoms with Crippen molar-refractivity contribution in [3.05, 3.63) is 33.5 Å². The lowest BCUT2D eigenvalue weighted by Crippen LogP contribution is -2.15. The van der Waals surface area contributed by atoms with Crippen LogP contribution in [0.25, 0.3) is 0 Å². The van der Waals surface area contributed by atoms with Gasteiger partial charge in [0.15, 0.2) is 0 Å². The molecule has 0 amide bonds. The van der Waals surface area contributed by atoms with E-state index in [1.165, 1.54) is 0 Å². The van der Waals surface area contributed by atoms with E-state index < -0.39 is 11.4 Å². The van der Waals surface area contributed by atoms with E-state index in [0.717, 1.165) is 17.3 Å². The third-order valence-electron chi connectivity index (χ3n) is 3.23. The molecule has 1 aliphatic carbocycles. The van der Waals surface area contributed by atoms with E-state index in [2.05, 4.69) is 15.9 Å². The maximum atomic E-state index is 14.0. The van der Waals surface area contributed by atoms with E-state index in [-0.39, 0.29) is 12.2 Å². The van der Waals surface area contributed by atoms with Gasteiger partial charge in [-0.1, -0.05) is 22.0 Å². The topological polar surface area (TPSA) is 37.3 Å². The Kier molecular flexibility index (Phi) is 2.78. The van der Waals surface area contributed by atoms with Gasteiger partial charge < -0.3 is 5.11 Å². The van der Waals surface area contributed by atoms with Gasteiger partial charge in [-0.3, -0.25) is 4.79 Å². The lowest BCUT2D eigenvalue weighted by Gasteiger charge is -2.15. The first-order valence-corrected chi connectivity index (χ1v) is 5.92. The van der Waals surface area contributed by atoms with Gasteiger partial charge in [0.05, 0.1) is 6.42 Å². The maximum absolute atomic E-state index is 14.0. The fraction of sp³-hybridized carbons (Fsp3) is 0.417. The molecule has 2 nitrogen and oxygen atoms in total. The van der Waals surface area contributed by atoms with Crippen molar-refractivity contribution in [3.63, 3.8) is 0 Å². The molecule has 4 heteroatoms. The van der Waals surface area contributed by atoms with Crippen LogP contribution in [0.1, 0.15) is 30.4 Å². The standard InChI is InChI=1S/C12H12BrFO2/c1-7-9(13)3-2-8(11(7)14)12(4-5-12)6-10(15)16/h2-3H,4-6H2,1H3,(H,15,16). The van der Waals surface area contributed by atoms with Gasteiger partial charge in [-0.15, -0.1) is 0 Å². The molecule has 0 aromatic heterocycles. The monoisotopic (exact) mass is 286 g/mol. The molecule has 1 aromatic carbocycles. The van der Waals surface area contributed by atoms with Gasteiger partial charge in [-0.05, 0) is 37.0 Å². The highest BCUT2D eigenvalue weighted by Gasteiger charge is 2.47. The lowest BCUT2D eigenvalue weighted by molar-refractivity contribution is -0.137. The number of carbonyl (C=O) groups is 1. The van der Waals surface area contributed by atoms with Crippen LogP contribution >= 0.6 is 15.9 Å². The van der Waals surface area contributed by atoms with E-state index in [9.17, 15) is 9.18 Å². The molecule has 1 aliphatic rings. The van der Waals surface area contributed by atoms with Crippen molar-refractivity contribution in [2.24, 2.45) is 0 Å². The molecule has 2 rings (SSSR count). The largest absolute Gasteiger partial charge is 0.481 e. The van der Waals surface area contributed by atoms with Crippen LogP contribution in [0.5, 0.6) is 0 Å². The predicted molar refractivity (Wildman–Crippen MR) is 62.0 cm³/mol. The Morgan fingerprint density at radius 2 is 2.19 bits per heavy atom. The fourth-order valence-corrected chi connectivity index (χ4v) is 2.36. The van der Waals surface area contributed by atoms with Gasteiger partial charge >= 0.3 is 5.97 Å². The van der Waals surface area contributed by atoms with Crippen LogP contribution in [0.2, 0.25) is 0 Å². The van der Waals surface area contributed by atoms with Gasteiger partial charge in [-0.25, -0.2) is 4.39 Å². The zero-order valence-corrected chi connectivity index (χ0v) is 10.5. The molecule has 1 N–H and O–H groups in total. The van der Waals surface area contributed by atoms with Gasteiger partial charge in [0, 0.05) is 9.89 Å². The Morgan fingerprint density at radius 3 is 2.69 bits per heavy atom. The van der Waals surface area contributed by atoms with E-state index in [4.69, 9.17) is 5.11 Å². The summed E-state index contributed by atoms with van der Waals surface area (Å²) in [6, 6.07) is 3.48. The number of hydrogen-bond acceptors (Lipinski definition) is 1. The summed E-state index contributed by atoms with van der Waals surface area (Å²) in [6.07, 6.45) is 1.54. The summed E-state index contributed by atoms with van der Waals surface area (Å²) in [6.45, 7) is 1.69. The first-order valence-electron chi connectivity index (χ1n) is 5.13. The molecule has 0 saturated heterocycles. The molecule has 0 unspecified atom stereocenters. The number of aliphatic carboxylic acids is 1. The summed E-state index contributed by atoms with van der Waals surface area (Å²) in [4.78, 5) is 10.8. The Morgan fingerprint density at radius 1 is 1.56 bits per heavy atom. The van der Waals surface area contributed by atoms with Gasteiger partial charge in [0.25, 0.3) is 0 Å². The van der Waals surface area contributed by atoms with E-state index in [0.29, 0.717) is 11.1 Å². The maximum Gasteiger partial charge on any atom is 0.304 e.